The van der Waals surface area contributed by atoms with E-state index in [2.05, 4.69) is 15.5 Å². The quantitative estimate of drug-likeness (QED) is 0.451. The van der Waals surface area contributed by atoms with E-state index in [0.717, 1.165) is 0 Å². The molecule has 0 saturated carbocycles. The highest BCUT2D eigenvalue weighted by atomic mass is 31.2. The summed E-state index contributed by atoms with van der Waals surface area (Å²) in [5, 5.41) is 0. The van der Waals surface area contributed by atoms with Crippen molar-refractivity contribution in [1.29, 1.82) is 0 Å². The average molecular weight is 161 g/mol. The SMILES string of the molecule is NP(O)O.c1cncnc1. The molecule has 0 aromatic carbocycles. The molecule has 1 aromatic rings. The molecule has 0 fully saturated rings. The summed E-state index contributed by atoms with van der Waals surface area (Å²) in [6.07, 6.45) is 4.88. The highest BCUT2D eigenvalue weighted by Gasteiger charge is 1.72. The summed E-state index contributed by atoms with van der Waals surface area (Å²) in [4.78, 5) is 22.3. The standard InChI is InChI=1S/C4H4N2.H4NO2P/c1-2-5-4-6-3-1;1-4(2)3/h1-4H;2-3H,1H2. The maximum Gasteiger partial charge on any atom is 0.247 e. The van der Waals surface area contributed by atoms with Gasteiger partial charge in [-0.15, -0.1) is 0 Å². The summed E-state index contributed by atoms with van der Waals surface area (Å²) >= 11 is 0. The summed E-state index contributed by atoms with van der Waals surface area (Å²) < 4.78 is 0. The van der Waals surface area contributed by atoms with Crippen molar-refractivity contribution in [3.05, 3.63) is 24.8 Å². The Hall–Kier alpha value is -0.610. The molecule has 0 bridgehead atoms. The molecule has 0 unspecified atom stereocenters. The smallest absolute Gasteiger partial charge is 0.247 e. The van der Waals surface area contributed by atoms with E-state index in [0.29, 0.717) is 0 Å². The lowest BCUT2D eigenvalue weighted by atomic mass is 10.7. The van der Waals surface area contributed by atoms with Crippen LogP contribution in [0.2, 0.25) is 0 Å². The van der Waals surface area contributed by atoms with Crippen molar-refractivity contribution in [1.82, 2.24) is 9.97 Å². The average Bonchev–Trinajstić information content (AvgIpc) is 1.90. The molecule has 1 rings (SSSR count). The fraction of sp³-hybridized carbons (Fsp3) is 0. The molecular weight excluding hydrogens is 153 g/mol. The number of aromatic nitrogens is 2. The van der Waals surface area contributed by atoms with Crippen LogP contribution in [0.15, 0.2) is 24.8 Å². The molecule has 0 aliphatic carbocycles. The van der Waals surface area contributed by atoms with E-state index in [1.165, 1.54) is 6.33 Å². The lowest BCUT2D eigenvalue weighted by Gasteiger charge is -1.79. The molecule has 0 amide bonds. The molecule has 56 valence electrons. The topological polar surface area (TPSA) is 92.3 Å². The Morgan fingerprint density at radius 2 is 1.60 bits per heavy atom. The molecule has 10 heavy (non-hydrogen) atoms. The van der Waals surface area contributed by atoms with Gasteiger partial charge in [0.2, 0.25) is 8.53 Å². The van der Waals surface area contributed by atoms with Crippen molar-refractivity contribution < 1.29 is 9.79 Å². The van der Waals surface area contributed by atoms with Crippen LogP contribution in [0.1, 0.15) is 0 Å². The minimum Gasteiger partial charge on any atom is -0.338 e. The predicted molar refractivity (Wildman–Crippen MR) is 37.6 cm³/mol. The van der Waals surface area contributed by atoms with Crippen molar-refractivity contribution in [2.45, 2.75) is 0 Å². The van der Waals surface area contributed by atoms with Crippen LogP contribution in [0.4, 0.5) is 0 Å². The monoisotopic (exact) mass is 161 g/mol. The lowest BCUT2D eigenvalue weighted by Crippen LogP contribution is -1.78. The van der Waals surface area contributed by atoms with E-state index in [9.17, 15) is 0 Å². The first kappa shape index (κ1) is 9.39. The first-order valence-electron chi connectivity index (χ1n) is 2.36. The highest BCUT2D eigenvalue weighted by molar-refractivity contribution is 7.42. The van der Waals surface area contributed by atoms with Gasteiger partial charge >= 0.3 is 0 Å². The van der Waals surface area contributed by atoms with Crippen LogP contribution >= 0.6 is 8.53 Å². The molecule has 0 radical (unpaired) electrons. The van der Waals surface area contributed by atoms with Crippen LogP contribution in [0.25, 0.3) is 0 Å². The van der Waals surface area contributed by atoms with Gasteiger partial charge in [-0.25, -0.2) is 9.97 Å². The first-order valence-corrected chi connectivity index (χ1v) is 3.67. The molecule has 0 saturated heterocycles. The van der Waals surface area contributed by atoms with E-state index in [1.807, 2.05) is 0 Å². The van der Waals surface area contributed by atoms with Gasteiger partial charge in [-0.3, -0.25) is 5.50 Å². The van der Waals surface area contributed by atoms with Crippen molar-refractivity contribution in [2.75, 3.05) is 0 Å². The second kappa shape index (κ2) is 6.51. The maximum atomic E-state index is 7.45. The molecule has 0 spiro atoms. The molecule has 4 N–H and O–H groups in total. The van der Waals surface area contributed by atoms with E-state index < -0.39 is 8.53 Å². The predicted octanol–water partition coefficient (Wildman–Crippen LogP) is -0.367. The van der Waals surface area contributed by atoms with Gasteiger partial charge < -0.3 is 9.79 Å². The zero-order valence-electron chi connectivity index (χ0n) is 5.12. The van der Waals surface area contributed by atoms with Gasteiger partial charge in [-0.1, -0.05) is 0 Å². The summed E-state index contributed by atoms with van der Waals surface area (Å²) in [7, 11) is -2.12. The lowest BCUT2D eigenvalue weighted by molar-refractivity contribution is 0.485. The van der Waals surface area contributed by atoms with Gasteiger partial charge in [-0.05, 0) is 6.07 Å². The fourth-order valence-electron chi connectivity index (χ4n) is 0.253. The first-order chi connectivity index (χ1) is 4.73. The molecule has 1 heterocycles. The van der Waals surface area contributed by atoms with Gasteiger partial charge in [-0.2, -0.15) is 0 Å². The molecule has 0 atom stereocenters. The van der Waals surface area contributed by atoms with Gasteiger partial charge in [0.1, 0.15) is 6.33 Å². The second-order valence-electron chi connectivity index (χ2n) is 1.22. The van der Waals surface area contributed by atoms with E-state index in [1.54, 1.807) is 18.5 Å². The van der Waals surface area contributed by atoms with Crippen molar-refractivity contribution >= 4 is 8.53 Å². The zero-order chi connectivity index (χ0) is 7.82. The van der Waals surface area contributed by atoms with Crippen LogP contribution in [0.5, 0.6) is 0 Å². The molecule has 0 aliphatic heterocycles. The van der Waals surface area contributed by atoms with Crippen molar-refractivity contribution in [2.24, 2.45) is 5.50 Å². The molecule has 0 aliphatic rings. The van der Waals surface area contributed by atoms with E-state index in [-0.39, 0.29) is 0 Å². The maximum absolute atomic E-state index is 7.45. The Morgan fingerprint density at radius 3 is 1.70 bits per heavy atom. The number of hydrogen-bond donors (Lipinski definition) is 3. The van der Waals surface area contributed by atoms with Crippen LogP contribution in [0, 0.1) is 0 Å². The van der Waals surface area contributed by atoms with E-state index >= 15 is 0 Å². The molecular formula is C4H8N3O2P. The van der Waals surface area contributed by atoms with E-state index in [4.69, 9.17) is 9.79 Å². The molecule has 1 aromatic heterocycles. The van der Waals surface area contributed by atoms with Crippen LogP contribution in [-0.4, -0.2) is 19.8 Å². The third kappa shape index (κ3) is 10.4. The van der Waals surface area contributed by atoms with Gasteiger partial charge in [0.25, 0.3) is 0 Å². The van der Waals surface area contributed by atoms with Gasteiger partial charge in [0, 0.05) is 12.4 Å². The fourth-order valence-corrected chi connectivity index (χ4v) is 0.253. The largest absolute Gasteiger partial charge is 0.338 e. The third-order valence-corrected chi connectivity index (χ3v) is 0.478. The Labute approximate surface area is 59.5 Å². The Morgan fingerprint density at radius 1 is 1.20 bits per heavy atom. The van der Waals surface area contributed by atoms with Crippen LogP contribution in [0.3, 0.4) is 0 Å². The van der Waals surface area contributed by atoms with Gasteiger partial charge in [0.05, 0.1) is 0 Å². The zero-order valence-corrected chi connectivity index (χ0v) is 6.02. The van der Waals surface area contributed by atoms with Crippen molar-refractivity contribution in [3.63, 3.8) is 0 Å². The van der Waals surface area contributed by atoms with Crippen molar-refractivity contribution in [3.8, 4) is 0 Å². The Bertz CT molecular complexity index is 119. The normalized spacial score (nSPS) is 8.40. The molecule has 5 nitrogen and oxygen atoms in total. The highest BCUT2D eigenvalue weighted by Crippen LogP contribution is 2.05. The summed E-state index contributed by atoms with van der Waals surface area (Å²) in [5.74, 6) is 0. The summed E-state index contributed by atoms with van der Waals surface area (Å²) in [6.45, 7) is 0. The third-order valence-electron chi connectivity index (χ3n) is 0.478. The Balaban J connectivity index is 0.000000180. The number of hydrogen-bond acceptors (Lipinski definition) is 5. The number of nitrogens with zero attached hydrogens (tertiary/aromatic N) is 2. The summed E-state index contributed by atoms with van der Waals surface area (Å²) in [5.41, 5.74) is 4.29. The summed E-state index contributed by atoms with van der Waals surface area (Å²) in [6, 6.07) is 1.78. The van der Waals surface area contributed by atoms with Crippen LogP contribution < -0.4 is 5.50 Å². The minimum atomic E-state index is -2.12. The van der Waals surface area contributed by atoms with Gasteiger partial charge in [0.15, 0.2) is 0 Å². The van der Waals surface area contributed by atoms with Crippen LogP contribution in [-0.2, 0) is 0 Å². The number of rotatable bonds is 0. The number of nitrogens with two attached hydrogens (primary N) is 1. The Kier molecular flexibility index (Phi) is 6.11. The second-order valence-corrected chi connectivity index (χ2v) is 1.87. The minimum absolute atomic E-state index is 1.50. The molecule has 6 heteroatoms.